The van der Waals surface area contributed by atoms with Crippen LogP contribution in [0, 0.1) is 5.92 Å². The highest BCUT2D eigenvalue weighted by Gasteiger charge is 2.14. The molecule has 5 N–H and O–H groups in total. The van der Waals surface area contributed by atoms with Crippen molar-refractivity contribution in [1.29, 1.82) is 0 Å². The fraction of sp³-hybridized carbons (Fsp3) is 0.600. The molecule has 2 amide bonds. The smallest absolute Gasteiger partial charge is 0.239 e. The predicted octanol–water partition coefficient (Wildman–Crippen LogP) is -0.664. The molecule has 0 aliphatic carbocycles. The lowest BCUT2D eigenvalue weighted by Crippen LogP contribution is -2.39. The normalized spacial score (nSPS) is 12.2. The summed E-state index contributed by atoms with van der Waals surface area (Å²) < 4.78 is 0. The number of nitrogens with one attached hydrogen (secondary N) is 3. The van der Waals surface area contributed by atoms with Gasteiger partial charge in [0.25, 0.3) is 0 Å². The Labute approximate surface area is 105 Å². The summed E-state index contributed by atoms with van der Waals surface area (Å²) in [7, 11) is 0. The lowest BCUT2D eigenvalue weighted by molar-refractivity contribution is -0.128. The molecule has 8 nitrogen and oxygen atoms in total. The van der Waals surface area contributed by atoms with Crippen molar-refractivity contribution < 1.29 is 9.59 Å². The van der Waals surface area contributed by atoms with E-state index in [0.29, 0.717) is 5.82 Å². The van der Waals surface area contributed by atoms with Crippen LogP contribution in [0.4, 0.5) is 5.95 Å². The van der Waals surface area contributed by atoms with Crippen LogP contribution in [0.2, 0.25) is 0 Å². The molecule has 0 radical (unpaired) electrons. The molecule has 1 aromatic rings. The molecule has 1 rings (SSSR count). The van der Waals surface area contributed by atoms with E-state index in [-0.39, 0.29) is 36.3 Å². The fourth-order valence-corrected chi connectivity index (χ4v) is 1.21. The third-order valence-electron chi connectivity index (χ3n) is 2.26. The number of nitrogens with two attached hydrogens (primary N) is 1. The Morgan fingerprint density at radius 1 is 1.39 bits per heavy atom. The van der Waals surface area contributed by atoms with Crippen LogP contribution in [0.1, 0.15) is 32.6 Å². The molecule has 18 heavy (non-hydrogen) atoms. The Bertz CT molecular complexity index is 428. The molecular weight excluding hydrogens is 236 g/mol. The molecule has 0 spiro atoms. The summed E-state index contributed by atoms with van der Waals surface area (Å²) in [4.78, 5) is 26.7. The second-order valence-corrected chi connectivity index (χ2v) is 4.24. The number of carbonyl (C=O) groups is 2. The third-order valence-corrected chi connectivity index (χ3v) is 2.26. The quantitative estimate of drug-likeness (QED) is 0.554. The van der Waals surface area contributed by atoms with E-state index >= 15 is 0 Å². The van der Waals surface area contributed by atoms with Gasteiger partial charge in [0.1, 0.15) is 5.82 Å². The van der Waals surface area contributed by atoms with E-state index < -0.39 is 0 Å². The standard InChI is InChI=1S/C10H18N6O2/c1-5(2)9(18)12-4-7(17)13-6(3)8-14-10(11)16-15-8/h5-6H,4H2,1-3H3,(H,12,18)(H,13,17)(H3,11,14,15,16)/t6-/m0/s1. The number of H-pyrrole nitrogens is 1. The number of amides is 2. The molecule has 0 saturated carbocycles. The monoisotopic (exact) mass is 254 g/mol. The second kappa shape index (κ2) is 5.99. The van der Waals surface area contributed by atoms with E-state index in [1.165, 1.54) is 0 Å². The molecule has 100 valence electrons. The number of aromatic amines is 1. The first-order valence-electron chi connectivity index (χ1n) is 5.65. The Balaban J connectivity index is 2.38. The van der Waals surface area contributed by atoms with Crippen molar-refractivity contribution >= 4 is 17.8 Å². The Morgan fingerprint density at radius 2 is 2.06 bits per heavy atom. The Morgan fingerprint density at radius 3 is 2.56 bits per heavy atom. The Hall–Kier alpha value is -2.12. The van der Waals surface area contributed by atoms with E-state index in [4.69, 9.17) is 5.73 Å². The lowest BCUT2D eigenvalue weighted by atomic mass is 10.2. The fourth-order valence-electron chi connectivity index (χ4n) is 1.21. The average Bonchev–Trinajstić information content (AvgIpc) is 2.72. The van der Waals surface area contributed by atoms with E-state index in [2.05, 4.69) is 25.8 Å². The molecule has 1 atom stereocenters. The number of aromatic nitrogens is 3. The summed E-state index contributed by atoms with van der Waals surface area (Å²) in [5.74, 6) is -0.0206. The summed E-state index contributed by atoms with van der Waals surface area (Å²) in [6.07, 6.45) is 0. The number of hydrogen-bond acceptors (Lipinski definition) is 5. The summed E-state index contributed by atoms with van der Waals surface area (Å²) in [6.45, 7) is 5.19. The van der Waals surface area contributed by atoms with Gasteiger partial charge in [-0.2, -0.15) is 4.98 Å². The number of carbonyl (C=O) groups excluding carboxylic acids is 2. The second-order valence-electron chi connectivity index (χ2n) is 4.24. The maximum absolute atomic E-state index is 11.5. The molecule has 0 aliphatic rings. The highest BCUT2D eigenvalue weighted by molar-refractivity contribution is 5.85. The number of hydrogen-bond donors (Lipinski definition) is 4. The maximum Gasteiger partial charge on any atom is 0.239 e. The van der Waals surface area contributed by atoms with Gasteiger partial charge in [-0.3, -0.25) is 14.7 Å². The third kappa shape index (κ3) is 4.04. The molecular formula is C10H18N6O2. The van der Waals surface area contributed by atoms with Gasteiger partial charge in [0.15, 0.2) is 0 Å². The minimum Gasteiger partial charge on any atom is -0.367 e. The molecule has 8 heteroatoms. The molecule has 1 heterocycles. The van der Waals surface area contributed by atoms with E-state index in [1.54, 1.807) is 20.8 Å². The minimum atomic E-state index is -0.349. The summed E-state index contributed by atoms with van der Waals surface area (Å²) in [6, 6.07) is -0.349. The minimum absolute atomic E-state index is 0.0645. The maximum atomic E-state index is 11.5. The summed E-state index contributed by atoms with van der Waals surface area (Å²) in [5, 5.41) is 11.5. The van der Waals surface area contributed by atoms with Gasteiger partial charge in [-0.05, 0) is 6.92 Å². The topological polar surface area (TPSA) is 126 Å². The summed E-state index contributed by atoms with van der Waals surface area (Å²) >= 11 is 0. The molecule has 0 fully saturated rings. The van der Waals surface area contributed by atoms with Gasteiger partial charge in [0.05, 0.1) is 12.6 Å². The van der Waals surface area contributed by atoms with Crippen LogP contribution in [-0.4, -0.2) is 33.5 Å². The number of rotatable bonds is 5. The Kier molecular flexibility index (Phi) is 4.64. The first-order chi connectivity index (χ1) is 8.40. The lowest BCUT2D eigenvalue weighted by Gasteiger charge is -2.12. The van der Waals surface area contributed by atoms with Gasteiger partial charge in [0.2, 0.25) is 17.8 Å². The zero-order valence-electron chi connectivity index (χ0n) is 10.7. The van der Waals surface area contributed by atoms with Crippen LogP contribution in [-0.2, 0) is 9.59 Å². The largest absolute Gasteiger partial charge is 0.367 e. The van der Waals surface area contributed by atoms with Gasteiger partial charge < -0.3 is 16.4 Å². The highest BCUT2D eigenvalue weighted by atomic mass is 16.2. The van der Waals surface area contributed by atoms with Crippen molar-refractivity contribution in [3.05, 3.63) is 5.82 Å². The van der Waals surface area contributed by atoms with Crippen molar-refractivity contribution in [2.75, 3.05) is 12.3 Å². The number of nitrogen functional groups attached to an aromatic ring is 1. The van der Waals surface area contributed by atoms with E-state index in [1.807, 2.05) is 0 Å². The SMILES string of the molecule is CC(C)C(=O)NCC(=O)N[C@@H](C)c1nc(N)n[nH]1. The van der Waals surface area contributed by atoms with Crippen molar-refractivity contribution in [1.82, 2.24) is 25.8 Å². The van der Waals surface area contributed by atoms with Crippen molar-refractivity contribution in [3.8, 4) is 0 Å². The highest BCUT2D eigenvalue weighted by Crippen LogP contribution is 2.05. The van der Waals surface area contributed by atoms with E-state index in [9.17, 15) is 9.59 Å². The van der Waals surface area contributed by atoms with Gasteiger partial charge in [0, 0.05) is 5.92 Å². The average molecular weight is 254 g/mol. The first-order valence-corrected chi connectivity index (χ1v) is 5.65. The first kappa shape index (κ1) is 13.9. The van der Waals surface area contributed by atoms with Crippen molar-refractivity contribution in [2.24, 2.45) is 5.92 Å². The van der Waals surface area contributed by atoms with Gasteiger partial charge in [-0.15, -0.1) is 5.10 Å². The molecule has 1 aromatic heterocycles. The van der Waals surface area contributed by atoms with Crippen molar-refractivity contribution in [2.45, 2.75) is 26.8 Å². The van der Waals surface area contributed by atoms with Gasteiger partial charge >= 0.3 is 0 Å². The molecule has 0 saturated heterocycles. The van der Waals surface area contributed by atoms with Crippen LogP contribution in [0.3, 0.4) is 0 Å². The molecule has 0 bridgehead atoms. The zero-order valence-corrected chi connectivity index (χ0v) is 10.7. The van der Waals surface area contributed by atoms with Gasteiger partial charge in [-0.25, -0.2) is 0 Å². The predicted molar refractivity (Wildman–Crippen MR) is 65.2 cm³/mol. The van der Waals surface area contributed by atoms with Crippen LogP contribution >= 0.6 is 0 Å². The molecule has 0 aromatic carbocycles. The number of nitrogens with zero attached hydrogens (tertiary/aromatic N) is 2. The molecule has 0 aliphatic heterocycles. The molecule has 0 unspecified atom stereocenters. The van der Waals surface area contributed by atoms with Crippen LogP contribution in [0.15, 0.2) is 0 Å². The van der Waals surface area contributed by atoms with Crippen LogP contribution in [0.25, 0.3) is 0 Å². The summed E-state index contributed by atoms with van der Waals surface area (Å²) in [5.41, 5.74) is 5.36. The van der Waals surface area contributed by atoms with Gasteiger partial charge in [-0.1, -0.05) is 13.8 Å². The number of anilines is 1. The van der Waals surface area contributed by atoms with Crippen LogP contribution < -0.4 is 16.4 Å². The zero-order chi connectivity index (χ0) is 13.7. The van der Waals surface area contributed by atoms with Crippen LogP contribution in [0.5, 0.6) is 0 Å². The van der Waals surface area contributed by atoms with Crippen molar-refractivity contribution in [3.63, 3.8) is 0 Å². The van der Waals surface area contributed by atoms with E-state index in [0.717, 1.165) is 0 Å².